The summed E-state index contributed by atoms with van der Waals surface area (Å²) in [7, 11) is 0. The number of hydrogen-bond acceptors (Lipinski definition) is 1. The van der Waals surface area contributed by atoms with Gasteiger partial charge in [0.2, 0.25) is 0 Å². The highest BCUT2D eigenvalue weighted by Gasteiger charge is 2.30. The van der Waals surface area contributed by atoms with Crippen molar-refractivity contribution < 1.29 is 9.50 Å². The third-order valence-corrected chi connectivity index (χ3v) is 4.21. The Kier molecular flexibility index (Phi) is 4.70. The van der Waals surface area contributed by atoms with E-state index in [0.29, 0.717) is 6.54 Å². The first kappa shape index (κ1) is 16.0. The van der Waals surface area contributed by atoms with E-state index in [9.17, 15) is 9.50 Å². The Balaban J connectivity index is 2.61. The number of aliphatic hydroxyl groups is 1. The summed E-state index contributed by atoms with van der Waals surface area (Å²) in [4.78, 5) is 3.70. The van der Waals surface area contributed by atoms with Crippen LogP contribution in [0.4, 0.5) is 4.39 Å². The maximum atomic E-state index is 12.9. The van der Waals surface area contributed by atoms with E-state index in [1.54, 1.807) is 0 Å². The van der Waals surface area contributed by atoms with E-state index in [0.717, 1.165) is 20.9 Å². The molecule has 1 aromatic heterocycles. The highest BCUT2D eigenvalue weighted by Crippen LogP contribution is 2.34. The summed E-state index contributed by atoms with van der Waals surface area (Å²) in [6.45, 7) is 10.8. The second kappa shape index (κ2) is 6.17. The number of hydrogen-bond donors (Lipinski definition) is 1. The van der Waals surface area contributed by atoms with Gasteiger partial charge >= 0.3 is 0 Å². The summed E-state index contributed by atoms with van der Waals surface area (Å²) < 4.78 is 15.8. The first-order valence-corrected chi connectivity index (χ1v) is 7.56. The fourth-order valence-corrected chi connectivity index (χ4v) is 2.75. The summed E-state index contributed by atoms with van der Waals surface area (Å²) in [6.07, 6.45) is 1.91. The number of fused-ring (bicyclic) bond motifs is 1. The Bertz CT molecular complexity index is 683. The van der Waals surface area contributed by atoms with E-state index in [4.69, 9.17) is 6.57 Å². The van der Waals surface area contributed by atoms with Gasteiger partial charge in [-0.25, -0.2) is 6.57 Å². The van der Waals surface area contributed by atoms with Crippen molar-refractivity contribution >= 4 is 26.8 Å². The summed E-state index contributed by atoms with van der Waals surface area (Å²) in [5, 5.41) is 10.2. The van der Waals surface area contributed by atoms with Gasteiger partial charge in [-0.05, 0) is 12.1 Å². The summed E-state index contributed by atoms with van der Waals surface area (Å²) >= 11 is 3.45. The fourth-order valence-electron chi connectivity index (χ4n) is 2.40. The van der Waals surface area contributed by atoms with E-state index in [1.165, 1.54) is 0 Å². The molecule has 0 fully saturated rings. The molecule has 0 aliphatic rings. The van der Waals surface area contributed by atoms with E-state index in [1.807, 2.05) is 42.8 Å². The van der Waals surface area contributed by atoms with Gasteiger partial charge in [-0.1, -0.05) is 22.0 Å². The first-order valence-electron chi connectivity index (χ1n) is 6.77. The topological polar surface area (TPSA) is 29.5 Å². The maximum Gasteiger partial charge on any atom is 0.254 e. The van der Waals surface area contributed by atoms with Crippen LogP contribution in [-0.4, -0.2) is 23.0 Å². The van der Waals surface area contributed by atoms with Gasteiger partial charge < -0.3 is 14.5 Å². The lowest BCUT2D eigenvalue weighted by Gasteiger charge is -2.12. The molecule has 2 aromatic rings. The summed E-state index contributed by atoms with van der Waals surface area (Å²) in [5.41, 5.74) is 1.24. The lowest BCUT2D eigenvalue weighted by molar-refractivity contribution is 0.183. The normalized spacial score (nSPS) is 13.3. The summed E-state index contributed by atoms with van der Waals surface area (Å²) in [6, 6.07) is 5.88. The Labute approximate surface area is 132 Å². The van der Waals surface area contributed by atoms with Crippen molar-refractivity contribution in [2.24, 2.45) is 5.92 Å². The van der Waals surface area contributed by atoms with Crippen LogP contribution in [0, 0.1) is 12.5 Å². The Morgan fingerprint density at radius 2 is 2.19 bits per heavy atom. The minimum absolute atomic E-state index is 0.189. The van der Waals surface area contributed by atoms with Crippen molar-refractivity contribution in [2.45, 2.75) is 25.9 Å². The number of benzene rings is 1. The molecule has 0 radical (unpaired) electrons. The second-order valence-electron chi connectivity index (χ2n) is 5.73. The molecule has 0 aliphatic heterocycles. The molecular formula is C16H18BrFN2O. The number of aromatic nitrogens is 1. The van der Waals surface area contributed by atoms with Crippen LogP contribution in [-0.2, 0) is 12.1 Å². The number of halogens is 2. The predicted molar refractivity (Wildman–Crippen MR) is 85.8 cm³/mol. The number of rotatable bonds is 5. The Morgan fingerprint density at radius 3 is 2.76 bits per heavy atom. The van der Waals surface area contributed by atoms with E-state index in [-0.39, 0.29) is 6.61 Å². The zero-order valence-corrected chi connectivity index (χ0v) is 13.7. The lowest BCUT2D eigenvalue weighted by Crippen LogP contribution is -2.16. The molecule has 0 saturated carbocycles. The van der Waals surface area contributed by atoms with Crippen molar-refractivity contribution in [1.82, 2.24) is 4.57 Å². The van der Waals surface area contributed by atoms with Crippen LogP contribution in [0.25, 0.3) is 15.7 Å². The smallest absolute Gasteiger partial charge is 0.254 e. The van der Waals surface area contributed by atoms with Crippen molar-refractivity contribution in [3.63, 3.8) is 0 Å². The second-order valence-corrected chi connectivity index (χ2v) is 6.65. The molecule has 3 nitrogen and oxygen atoms in total. The lowest BCUT2D eigenvalue weighted by atomic mass is 9.95. The highest BCUT2D eigenvalue weighted by molar-refractivity contribution is 9.10. The largest absolute Gasteiger partial charge is 0.396 e. The molecular weight excluding hydrogens is 335 g/mol. The van der Waals surface area contributed by atoms with Gasteiger partial charge in [0.15, 0.2) is 0 Å². The molecule has 0 spiro atoms. The van der Waals surface area contributed by atoms with Crippen LogP contribution < -0.4 is 0 Å². The van der Waals surface area contributed by atoms with Crippen molar-refractivity contribution in [3.8, 4) is 0 Å². The zero-order chi connectivity index (χ0) is 15.6. The van der Waals surface area contributed by atoms with Crippen LogP contribution in [0.3, 0.4) is 0 Å². The van der Waals surface area contributed by atoms with Gasteiger partial charge in [0.05, 0.1) is 18.8 Å². The number of nitrogens with zero attached hydrogens (tertiary/aromatic N) is 2. The van der Waals surface area contributed by atoms with Gasteiger partial charge in [0.1, 0.15) is 0 Å². The van der Waals surface area contributed by atoms with Crippen LogP contribution in [0.15, 0.2) is 28.9 Å². The molecule has 112 valence electrons. The zero-order valence-electron chi connectivity index (χ0n) is 12.1. The van der Waals surface area contributed by atoms with Crippen LogP contribution in [0.2, 0.25) is 0 Å². The molecule has 5 heteroatoms. The quantitative estimate of drug-likeness (QED) is 0.805. The molecule has 1 aromatic carbocycles. The average molecular weight is 353 g/mol. The molecule has 0 aliphatic carbocycles. The van der Waals surface area contributed by atoms with Gasteiger partial charge in [-0.15, -0.1) is 0 Å². The molecule has 1 atom stereocenters. The van der Waals surface area contributed by atoms with E-state index < -0.39 is 18.1 Å². The van der Waals surface area contributed by atoms with Crippen molar-refractivity contribution in [2.75, 3.05) is 13.3 Å². The van der Waals surface area contributed by atoms with E-state index >= 15 is 0 Å². The van der Waals surface area contributed by atoms with Crippen LogP contribution in [0.5, 0.6) is 0 Å². The molecule has 1 unspecified atom stereocenters. The van der Waals surface area contributed by atoms with Crippen LogP contribution in [0.1, 0.15) is 19.4 Å². The molecule has 1 N–H and O–H groups in total. The SMILES string of the molecule is [C-]#[N+]C(C)(C)c1cn(CC(CO)CF)c2cc(Br)ccc12. The fraction of sp³-hybridized carbons (Fsp3) is 0.438. The monoisotopic (exact) mass is 352 g/mol. The Morgan fingerprint density at radius 1 is 1.48 bits per heavy atom. The minimum Gasteiger partial charge on any atom is -0.396 e. The number of alkyl halides is 1. The Hall–Kier alpha value is -1.38. The molecule has 1 heterocycles. The van der Waals surface area contributed by atoms with Gasteiger partial charge in [-0.3, -0.25) is 4.39 Å². The number of aliphatic hydroxyl groups excluding tert-OH is 1. The summed E-state index contributed by atoms with van der Waals surface area (Å²) in [5.74, 6) is -0.427. The van der Waals surface area contributed by atoms with E-state index in [2.05, 4.69) is 20.8 Å². The first-order chi connectivity index (χ1) is 9.92. The van der Waals surface area contributed by atoms with Gasteiger partial charge in [0, 0.05) is 47.9 Å². The third-order valence-electron chi connectivity index (χ3n) is 3.71. The minimum atomic E-state index is -0.637. The molecule has 0 amide bonds. The molecule has 0 saturated heterocycles. The van der Waals surface area contributed by atoms with Gasteiger partial charge in [-0.2, -0.15) is 0 Å². The third kappa shape index (κ3) is 3.12. The van der Waals surface area contributed by atoms with Crippen LogP contribution >= 0.6 is 15.9 Å². The highest BCUT2D eigenvalue weighted by atomic mass is 79.9. The molecule has 0 bridgehead atoms. The standard InChI is InChI=1S/C16H18BrFN2O/c1-16(2,19-3)14-9-20(8-11(7-18)10-21)15-6-12(17)4-5-13(14)15/h4-6,9,11,21H,7-8,10H2,1-2H3. The predicted octanol–water partition coefficient (Wildman–Crippen LogP) is 4.14. The average Bonchev–Trinajstić information content (AvgIpc) is 2.83. The molecule has 21 heavy (non-hydrogen) atoms. The maximum absolute atomic E-state index is 12.9. The van der Waals surface area contributed by atoms with Crippen molar-refractivity contribution in [1.29, 1.82) is 0 Å². The van der Waals surface area contributed by atoms with Gasteiger partial charge in [0.25, 0.3) is 5.54 Å². The van der Waals surface area contributed by atoms with Crippen molar-refractivity contribution in [3.05, 3.63) is 45.8 Å². The molecule has 2 rings (SSSR count).